The van der Waals surface area contributed by atoms with Gasteiger partial charge in [-0.15, -0.1) is 0 Å². The van der Waals surface area contributed by atoms with Gasteiger partial charge in [-0.05, 0) is 31.6 Å². The molecule has 1 saturated carbocycles. The van der Waals surface area contributed by atoms with Crippen LogP contribution in [-0.2, 0) is 4.74 Å². The monoisotopic (exact) mass is 169 g/mol. The van der Waals surface area contributed by atoms with Crippen LogP contribution in [0.1, 0.15) is 39.0 Å². The number of nitrogens with two attached hydrogens (primary N) is 1. The lowest BCUT2D eigenvalue weighted by Gasteiger charge is -2.40. The first-order chi connectivity index (χ1) is 5.73. The summed E-state index contributed by atoms with van der Waals surface area (Å²) in [5.74, 6) is 0.726. The Bertz CT molecular complexity index is 171. The van der Waals surface area contributed by atoms with Crippen molar-refractivity contribution in [3.05, 3.63) is 0 Å². The van der Waals surface area contributed by atoms with E-state index in [0.29, 0.717) is 6.04 Å². The molecule has 3 unspecified atom stereocenters. The second-order valence-electron chi connectivity index (χ2n) is 4.46. The zero-order chi connectivity index (χ0) is 8.60. The Kier molecular flexibility index (Phi) is 2.13. The van der Waals surface area contributed by atoms with Crippen molar-refractivity contribution < 1.29 is 4.74 Å². The third kappa shape index (κ3) is 1.27. The van der Waals surface area contributed by atoms with Crippen LogP contribution in [0.15, 0.2) is 0 Å². The molecule has 1 saturated heterocycles. The third-order valence-electron chi connectivity index (χ3n) is 3.62. The molecule has 2 N–H and O–H groups in total. The minimum atomic E-state index is 0.178. The summed E-state index contributed by atoms with van der Waals surface area (Å²) in [6, 6.07) is 0.388. The normalized spacial score (nSPS) is 48.5. The molecule has 2 rings (SSSR count). The lowest BCUT2D eigenvalue weighted by molar-refractivity contribution is -0.104. The van der Waals surface area contributed by atoms with Gasteiger partial charge in [0.05, 0.1) is 5.60 Å². The molecule has 0 aromatic carbocycles. The van der Waals surface area contributed by atoms with Crippen LogP contribution in [0.4, 0.5) is 0 Å². The van der Waals surface area contributed by atoms with Gasteiger partial charge in [-0.1, -0.05) is 13.3 Å². The lowest BCUT2D eigenvalue weighted by Crippen LogP contribution is -2.46. The van der Waals surface area contributed by atoms with Gasteiger partial charge in [0.2, 0.25) is 0 Å². The van der Waals surface area contributed by atoms with E-state index in [0.717, 1.165) is 25.4 Å². The van der Waals surface area contributed by atoms with Crippen LogP contribution in [0.2, 0.25) is 0 Å². The highest BCUT2D eigenvalue weighted by Crippen LogP contribution is 2.43. The van der Waals surface area contributed by atoms with Gasteiger partial charge in [0.1, 0.15) is 0 Å². The molecule has 1 aliphatic carbocycles. The molecule has 0 aromatic heterocycles. The minimum absolute atomic E-state index is 0.178. The van der Waals surface area contributed by atoms with Gasteiger partial charge in [0, 0.05) is 12.6 Å². The van der Waals surface area contributed by atoms with Gasteiger partial charge in [0.15, 0.2) is 0 Å². The summed E-state index contributed by atoms with van der Waals surface area (Å²) in [4.78, 5) is 0. The van der Waals surface area contributed by atoms with Crippen molar-refractivity contribution in [1.82, 2.24) is 0 Å². The summed E-state index contributed by atoms with van der Waals surface area (Å²) in [7, 11) is 0. The molecule has 2 fully saturated rings. The molecule has 2 aliphatic rings. The van der Waals surface area contributed by atoms with E-state index in [-0.39, 0.29) is 5.60 Å². The molecular formula is C10H19NO. The van der Waals surface area contributed by atoms with Crippen LogP contribution >= 0.6 is 0 Å². The van der Waals surface area contributed by atoms with Crippen molar-refractivity contribution in [3.63, 3.8) is 0 Å². The van der Waals surface area contributed by atoms with E-state index in [1.165, 1.54) is 19.3 Å². The van der Waals surface area contributed by atoms with Crippen molar-refractivity contribution >= 4 is 0 Å². The highest BCUT2D eigenvalue weighted by molar-refractivity contribution is 4.96. The van der Waals surface area contributed by atoms with Crippen LogP contribution in [0.25, 0.3) is 0 Å². The van der Waals surface area contributed by atoms with Gasteiger partial charge in [-0.25, -0.2) is 0 Å². The molecular weight excluding hydrogens is 150 g/mol. The van der Waals surface area contributed by atoms with Gasteiger partial charge < -0.3 is 10.5 Å². The van der Waals surface area contributed by atoms with Crippen LogP contribution in [0.5, 0.6) is 0 Å². The van der Waals surface area contributed by atoms with Gasteiger partial charge in [-0.2, -0.15) is 0 Å². The van der Waals surface area contributed by atoms with Crippen LogP contribution < -0.4 is 5.73 Å². The first kappa shape index (κ1) is 8.52. The second-order valence-corrected chi connectivity index (χ2v) is 4.46. The van der Waals surface area contributed by atoms with E-state index in [4.69, 9.17) is 10.5 Å². The number of rotatable bonds is 0. The average molecular weight is 169 g/mol. The molecule has 0 radical (unpaired) electrons. The maximum atomic E-state index is 5.97. The fourth-order valence-corrected chi connectivity index (χ4v) is 2.75. The SMILES string of the molecule is CC1CCCC12CC(N)CCO2. The van der Waals surface area contributed by atoms with Crippen LogP contribution in [0.3, 0.4) is 0 Å². The highest BCUT2D eigenvalue weighted by Gasteiger charge is 2.44. The summed E-state index contributed by atoms with van der Waals surface area (Å²) in [6.07, 6.45) is 6.03. The average Bonchev–Trinajstić information content (AvgIpc) is 2.33. The molecule has 0 aromatic rings. The zero-order valence-electron chi connectivity index (χ0n) is 7.88. The molecule has 3 atom stereocenters. The van der Waals surface area contributed by atoms with E-state index >= 15 is 0 Å². The molecule has 2 heteroatoms. The number of ether oxygens (including phenoxy) is 1. The smallest absolute Gasteiger partial charge is 0.0722 e. The van der Waals surface area contributed by atoms with Crippen molar-refractivity contribution in [3.8, 4) is 0 Å². The topological polar surface area (TPSA) is 35.2 Å². The van der Waals surface area contributed by atoms with E-state index in [9.17, 15) is 0 Å². The molecule has 1 spiro atoms. The standard InChI is InChI=1S/C10H19NO/c1-8-3-2-5-10(8)7-9(11)4-6-12-10/h8-9H,2-7,11H2,1H3. The number of hydrogen-bond acceptors (Lipinski definition) is 2. The van der Waals surface area contributed by atoms with Crippen LogP contribution in [-0.4, -0.2) is 18.2 Å². The summed E-state index contributed by atoms with van der Waals surface area (Å²) >= 11 is 0. The Morgan fingerprint density at radius 3 is 2.83 bits per heavy atom. The van der Waals surface area contributed by atoms with E-state index in [1.54, 1.807) is 0 Å². The Balaban J connectivity index is 2.08. The largest absolute Gasteiger partial charge is 0.375 e. The third-order valence-corrected chi connectivity index (χ3v) is 3.62. The van der Waals surface area contributed by atoms with Gasteiger partial charge in [0.25, 0.3) is 0 Å². The van der Waals surface area contributed by atoms with Crippen molar-refractivity contribution in [2.45, 2.75) is 50.7 Å². The fraction of sp³-hybridized carbons (Fsp3) is 1.00. The Morgan fingerprint density at radius 2 is 2.25 bits per heavy atom. The van der Waals surface area contributed by atoms with Gasteiger partial charge in [-0.3, -0.25) is 0 Å². The Labute approximate surface area is 74.5 Å². The minimum Gasteiger partial charge on any atom is -0.375 e. The first-order valence-corrected chi connectivity index (χ1v) is 5.12. The first-order valence-electron chi connectivity index (χ1n) is 5.12. The quantitative estimate of drug-likeness (QED) is 0.599. The predicted molar refractivity (Wildman–Crippen MR) is 48.9 cm³/mol. The van der Waals surface area contributed by atoms with Gasteiger partial charge >= 0.3 is 0 Å². The maximum Gasteiger partial charge on any atom is 0.0722 e. The Hall–Kier alpha value is -0.0800. The van der Waals surface area contributed by atoms with Crippen molar-refractivity contribution in [2.24, 2.45) is 11.7 Å². The zero-order valence-corrected chi connectivity index (χ0v) is 7.88. The summed E-state index contributed by atoms with van der Waals surface area (Å²) in [5, 5.41) is 0. The molecule has 2 nitrogen and oxygen atoms in total. The van der Waals surface area contributed by atoms with Crippen molar-refractivity contribution in [2.75, 3.05) is 6.61 Å². The molecule has 70 valence electrons. The molecule has 1 aliphatic heterocycles. The second kappa shape index (κ2) is 3.00. The summed E-state index contributed by atoms with van der Waals surface area (Å²) in [5.41, 5.74) is 6.15. The molecule has 12 heavy (non-hydrogen) atoms. The Morgan fingerprint density at radius 1 is 1.42 bits per heavy atom. The number of hydrogen-bond donors (Lipinski definition) is 1. The molecule has 1 heterocycles. The highest BCUT2D eigenvalue weighted by atomic mass is 16.5. The van der Waals surface area contributed by atoms with E-state index in [2.05, 4.69) is 6.92 Å². The van der Waals surface area contributed by atoms with E-state index < -0.39 is 0 Å². The fourth-order valence-electron chi connectivity index (χ4n) is 2.75. The predicted octanol–water partition coefficient (Wildman–Crippen LogP) is 1.68. The molecule has 0 bridgehead atoms. The van der Waals surface area contributed by atoms with E-state index in [1.807, 2.05) is 0 Å². The van der Waals surface area contributed by atoms with Crippen molar-refractivity contribution in [1.29, 1.82) is 0 Å². The summed E-state index contributed by atoms with van der Waals surface area (Å²) in [6.45, 7) is 3.19. The lowest BCUT2D eigenvalue weighted by atomic mass is 9.83. The molecule has 0 amide bonds. The van der Waals surface area contributed by atoms with Crippen LogP contribution in [0, 0.1) is 5.92 Å². The summed E-state index contributed by atoms with van der Waals surface area (Å²) < 4.78 is 5.93. The maximum absolute atomic E-state index is 5.97.